The normalized spacial score (nSPS) is 13.2. The van der Waals surface area contributed by atoms with Gasteiger partial charge in [-0.05, 0) is 25.5 Å². The van der Waals surface area contributed by atoms with Crippen LogP contribution >= 0.6 is 11.6 Å². The Bertz CT molecular complexity index is 666. The van der Waals surface area contributed by atoms with Gasteiger partial charge in [-0.2, -0.15) is 0 Å². The van der Waals surface area contributed by atoms with E-state index in [9.17, 15) is 19.7 Å². The number of nitro groups is 1. The van der Waals surface area contributed by atoms with Crippen LogP contribution in [-0.4, -0.2) is 41.9 Å². The van der Waals surface area contributed by atoms with Crippen molar-refractivity contribution in [2.75, 3.05) is 13.1 Å². The largest absolute Gasteiger partial charge is 0.353 e. The second kappa shape index (κ2) is 10.1. The molecule has 9 heteroatoms. The first-order valence-electron chi connectivity index (χ1n) is 8.43. The molecular weight excluding hydrogens is 360 g/mol. The van der Waals surface area contributed by atoms with Gasteiger partial charge in [0, 0.05) is 24.7 Å². The van der Waals surface area contributed by atoms with Crippen LogP contribution in [0, 0.1) is 16.0 Å². The number of benzene rings is 1. The Morgan fingerprint density at radius 1 is 1.27 bits per heavy atom. The molecule has 0 aliphatic carbocycles. The molecule has 0 aliphatic rings. The summed E-state index contributed by atoms with van der Waals surface area (Å²) in [6.07, 6.45) is 0. The number of hydrogen-bond donors (Lipinski definition) is 3. The topological polar surface area (TPSA) is 113 Å². The summed E-state index contributed by atoms with van der Waals surface area (Å²) < 4.78 is 0. The summed E-state index contributed by atoms with van der Waals surface area (Å²) in [6.45, 7) is 8.78. The van der Waals surface area contributed by atoms with E-state index in [1.165, 1.54) is 12.1 Å². The number of nitrogens with one attached hydrogen (secondary N) is 3. The summed E-state index contributed by atoms with van der Waals surface area (Å²) >= 11 is 5.97. The summed E-state index contributed by atoms with van der Waals surface area (Å²) in [5.74, 6) is -1.00. The van der Waals surface area contributed by atoms with E-state index >= 15 is 0 Å². The van der Waals surface area contributed by atoms with Gasteiger partial charge in [0.15, 0.2) is 0 Å². The Morgan fingerprint density at radius 3 is 2.42 bits per heavy atom. The van der Waals surface area contributed by atoms with Gasteiger partial charge in [0.05, 0.1) is 15.5 Å². The highest BCUT2D eigenvalue weighted by Gasteiger charge is 2.26. The van der Waals surface area contributed by atoms with Gasteiger partial charge in [-0.3, -0.25) is 19.7 Å². The Kier molecular flexibility index (Phi) is 8.47. The number of non-ortho nitro benzene ring substituents is 1. The minimum Gasteiger partial charge on any atom is -0.353 e. The molecule has 0 fully saturated rings. The second-order valence-electron chi connectivity index (χ2n) is 6.32. The molecule has 2 atom stereocenters. The average Bonchev–Trinajstić information content (AvgIpc) is 2.57. The molecule has 0 saturated heterocycles. The lowest BCUT2D eigenvalue weighted by Gasteiger charge is -2.23. The Morgan fingerprint density at radius 2 is 1.92 bits per heavy atom. The lowest BCUT2D eigenvalue weighted by Crippen LogP contribution is -2.51. The third kappa shape index (κ3) is 6.27. The predicted molar refractivity (Wildman–Crippen MR) is 100 cm³/mol. The van der Waals surface area contributed by atoms with Gasteiger partial charge >= 0.3 is 0 Å². The van der Waals surface area contributed by atoms with E-state index in [-0.39, 0.29) is 34.1 Å². The maximum atomic E-state index is 12.4. The van der Waals surface area contributed by atoms with Crippen LogP contribution in [0.2, 0.25) is 5.02 Å². The van der Waals surface area contributed by atoms with Gasteiger partial charge in [0.25, 0.3) is 11.6 Å². The maximum absolute atomic E-state index is 12.4. The van der Waals surface area contributed by atoms with Gasteiger partial charge < -0.3 is 16.0 Å². The molecule has 1 unspecified atom stereocenters. The first kappa shape index (κ1) is 21.9. The maximum Gasteiger partial charge on any atom is 0.270 e. The van der Waals surface area contributed by atoms with Crippen molar-refractivity contribution >= 4 is 29.1 Å². The number of halogens is 1. The molecule has 0 radical (unpaired) electrons. The van der Waals surface area contributed by atoms with Gasteiger partial charge in [-0.1, -0.05) is 32.4 Å². The fourth-order valence-electron chi connectivity index (χ4n) is 2.34. The van der Waals surface area contributed by atoms with Crippen molar-refractivity contribution in [3.8, 4) is 0 Å². The zero-order valence-electron chi connectivity index (χ0n) is 15.3. The fourth-order valence-corrected chi connectivity index (χ4v) is 2.60. The highest BCUT2D eigenvalue weighted by atomic mass is 35.5. The summed E-state index contributed by atoms with van der Waals surface area (Å²) in [5.41, 5.74) is -0.126. The number of nitro benzene ring substituents is 1. The molecule has 0 aromatic heterocycles. The van der Waals surface area contributed by atoms with Crippen LogP contribution in [0.25, 0.3) is 0 Å². The molecule has 1 aromatic rings. The molecule has 0 spiro atoms. The molecule has 0 heterocycles. The predicted octanol–water partition coefficient (Wildman–Crippen LogP) is 2.12. The number of carbonyl (C=O) groups is 2. The van der Waals surface area contributed by atoms with Crippen molar-refractivity contribution in [2.24, 2.45) is 5.92 Å². The third-order valence-electron chi connectivity index (χ3n) is 3.78. The van der Waals surface area contributed by atoms with Crippen molar-refractivity contribution < 1.29 is 14.5 Å². The SMILES string of the molecule is CCN[C@H](C)CNC(=O)C(NC(=O)c1ccc([N+](=O)[O-])cc1Cl)C(C)C. The molecule has 0 bridgehead atoms. The molecule has 1 aromatic carbocycles. The standard InChI is InChI=1S/C17H25ClN4O4/c1-5-19-11(4)9-20-17(24)15(10(2)3)21-16(23)13-7-6-12(22(25)26)8-14(13)18/h6-8,10-11,15,19H,5,9H2,1-4H3,(H,20,24)(H,21,23)/t11-,15?/m1/s1. The first-order valence-corrected chi connectivity index (χ1v) is 8.81. The van der Waals surface area contributed by atoms with Crippen molar-refractivity contribution in [3.63, 3.8) is 0 Å². The summed E-state index contributed by atoms with van der Waals surface area (Å²) in [4.78, 5) is 35.0. The first-order chi connectivity index (χ1) is 12.2. The Labute approximate surface area is 157 Å². The van der Waals surface area contributed by atoms with Crippen LogP contribution in [0.5, 0.6) is 0 Å². The molecule has 26 heavy (non-hydrogen) atoms. The molecule has 8 nitrogen and oxygen atoms in total. The van der Waals surface area contributed by atoms with Gasteiger partial charge in [0.2, 0.25) is 5.91 Å². The Hall–Kier alpha value is -2.19. The van der Waals surface area contributed by atoms with E-state index in [0.717, 1.165) is 12.6 Å². The number of likely N-dealkylation sites (N-methyl/N-ethyl adjacent to an activating group) is 1. The van der Waals surface area contributed by atoms with Crippen molar-refractivity contribution in [2.45, 2.75) is 39.8 Å². The minimum atomic E-state index is -0.748. The van der Waals surface area contributed by atoms with Gasteiger partial charge in [-0.15, -0.1) is 0 Å². The van der Waals surface area contributed by atoms with Crippen LogP contribution in [0.15, 0.2) is 18.2 Å². The number of amides is 2. The quantitative estimate of drug-likeness (QED) is 0.445. The lowest BCUT2D eigenvalue weighted by atomic mass is 10.0. The summed E-state index contributed by atoms with van der Waals surface area (Å²) in [5, 5.41) is 19.4. The van der Waals surface area contributed by atoms with E-state index in [0.29, 0.717) is 6.54 Å². The van der Waals surface area contributed by atoms with Gasteiger partial charge in [-0.25, -0.2) is 0 Å². The van der Waals surface area contributed by atoms with E-state index in [1.807, 2.05) is 27.7 Å². The number of hydrogen-bond acceptors (Lipinski definition) is 5. The number of nitrogens with zero attached hydrogens (tertiary/aromatic N) is 1. The highest BCUT2D eigenvalue weighted by Crippen LogP contribution is 2.22. The molecule has 1 rings (SSSR count). The summed E-state index contributed by atoms with van der Waals surface area (Å²) in [6, 6.07) is 2.94. The van der Waals surface area contributed by atoms with Crippen molar-refractivity contribution in [1.82, 2.24) is 16.0 Å². The molecule has 2 amide bonds. The molecule has 0 saturated carbocycles. The zero-order valence-corrected chi connectivity index (χ0v) is 16.1. The number of rotatable bonds is 9. The van der Waals surface area contributed by atoms with Crippen LogP contribution in [0.3, 0.4) is 0 Å². The minimum absolute atomic E-state index is 0.0413. The van der Waals surface area contributed by atoms with E-state index in [4.69, 9.17) is 11.6 Å². The van der Waals surface area contributed by atoms with E-state index < -0.39 is 16.9 Å². The number of carbonyl (C=O) groups excluding carboxylic acids is 2. The lowest BCUT2D eigenvalue weighted by molar-refractivity contribution is -0.384. The second-order valence-corrected chi connectivity index (χ2v) is 6.73. The molecule has 3 N–H and O–H groups in total. The van der Waals surface area contributed by atoms with Gasteiger partial charge in [0.1, 0.15) is 6.04 Å². The zero-order chi connectivity index (χ0) is 19.9. The Balaban J connectivity index is 2.82. The average molecular weight is 385 g/mol. The van der Waals surface area contributed by atoms with Crippen molar-refractivity contribution in [3.05, 3.63) is 38.9 Å². The van der Waals surface area contributed by atoms with E-state index in [1.54, 1.807) is 0 Å². The van der Waals surface area contributed by atoms with Crippen molar-refractivity contribution in [1.29, 1.82) is 0 Å². The van der Waals surface area contributed by atoms with Crippen LogP contribution in [0.4, 0.5) is 5.69 Å². The molecule has 144 valence electrons. The van der Waals surface area contributed by atoms with Crippen LogP contribution in [0.1, 0.15) is 38.1 Å². The molecule has 0 aliphatic heterocycles. The third-order valence-corrected chi connectivity index (χ3v) is 4.09. The monoisotopic (exact) mass is 384 g/mol. The molecular formula is C17H25ClN4O4. The highest BCUT2D eigenvalue weighted by molar-refractivity contribution is 6.34. The van der Waals surface area contributed by atoms with Crippen LogP contribution in [-0.2, 0) is 4.79 Å². The van der Waals surface area contributed by atoms with E-state index in [2.05, 4.69) is 16.0 Å². The summed E-state index contributed by atoms with van der Waals surface area (Å²) in [7, 11) is 0. The smallest absolute Gasteiger partial charge is 0.270 e. The van der Waals surface area contributed by atoms with Crippen LogP contribution < -0.4 is 16.0 Å². The fraction of sp³-hybridized carbons (Fsp3) is 0.529.